The first-order valence-electron chi connectivity index (χ1n) is 8.30. The van der Waals surface area contributed by atoms with E-state index in [0.717, 1.165) is 17.9 Å². The third-order valence-electron chi connectivity index (χ3n) is 5.32. The molecule has 4 rings (SSSR count). The minimum Gasteiger partial charge on any atom is -0.347 e. The number of anilines is 1. The lowest BCUT2D eigenvalue weighted by Crippen LogP contribution is -2.51. The molecule has 0 aliphatic carbocycles. The van der Waals surface area contributed by atoms with Crippen molar-refractivity contribution >= 4 is 26.8 Å². The van der Waals surface area contributed by atoms with Gasteiger partial charge in [-0.05, 0) is 46.2 Å². The third kappa shape index (κ3) is 2.33. The van der Waals surface area contributed by atoms with E-state index in [2.05, 4.69) is 28.9 Å². The SMILES string of the molecule is Cc1nn(C)c2nc(N3CCCC4(CCCN(C)C4)C3)sc12. The van der Waals surface area contributed by atoms with E-state index in [-0.39, 0.29) is 0 Å². The van der Waals surface area contributed by atoms with Crippen molar-refractivity contribution in [2.75, 3.05) is 38.1 Å². The monoisotopic (exact) mass is 319 g/mol. The summed E-state index contributed by atoms with van der Waals surface area (Å²) in [6.07, 6.45) is 5.38. The zero-order valence-corrected chi connectivity index (χ0v) is 14.6. The van der Waals surface area contributed by atoms with E-state index in [1.807, 2.05) is 23.1 Å². The number of piperidine rings is 2. The molecule has 0 bridgehead atoms. The Morgan fingerprint density at radius 3 is 2.59 bits per heavy atom. The average molecular weight is 319 g/mol. The molecule has 0 saturated carbocycles. The number of aromatic nitrogens is 3. The van der Waals surface area contributed by atoms with Crippen LogP contribution in [0.5, 0.6) is 0 Å². The summed E-state index contributed by atoms with van der Waals surface area (Å²) < 4.78 is 3.16. The van der Waals surface area contributed by atoms with Crippen molar-refractivity contribution in [3.05, 3.63) is 5.69 Å². The first kappa shape index (κ1) is 14.5. The summed E-state index contributed by atoms with van der Waals surface area (Å²) in [6.45, 7) is 6.90. The average Bonchev–Trinajstić information content (AvgIpc) is 3.01. The normalized spacial score (nSPS) is 27.1. The summed E-state index contributed by atoms with van der Waals surface area (Å²) in [5.74, 6) is 0. The van der Waals surface area contributed by atoms with E-state index < -0.39 is 0 Å². The molecule has 120 valence electrons. The van der Waals surface area contributed by atoms with Gasteiger partial charge in [0.25, 0.3) is 0 Å². The highest BCUT2D eigenvalue weighted by Gasteiger charge is 2.39. The molecule has 2 aliphatic rings. The highest BCUT2D eigenvalue weighted by molar-refractivity contribution is 7.22. The van der Waals surface area contributed by atoms with E-state index in [1.54, 1.807) is 0 Å². The molecule has 2 aromatic heterocycles. The Morgan fingerprint density at radius 2 is 1.86 bits per heavy atom. The molecule has 22 heavy (non-hydrogen) atoms. The van der Waals surface area contributed by atoms with Gasteiger partial charge < -0.3 is 9.80 Å². The van der Waals surface area contributed by atoms with Crippen molar-refractivity contribution in [3.8, 4) is 0 Å². The molecule has 5 nitrogen and oxygen atoms in total. The highest BCUT2D eigenvalue weighted by atomic mass is 32.1. The second kappa shape index (κ2) is 5.20. The lowest BCUT2D eigenvalue weighted by molar-refractivity contribution is 0.0910. The van der Waals surface area contributed by atoms with Gasteiger partial charge in [-0.1, -0.05) is 11.3 Å². The molecule has 0 N–H and O–H groups in total. The van der Waals surface area contributed by atoms with Gasteiger partial charge >= 0.3 is 0 Å². The molecule has 0 radical (unpaired) electrons. The van der Waals surface area contributed by atoms with Crippen molar-refractivity contribution in [1.82, 2.24) is 19.7 Å². The van der Waals surface area contributed by atoms with Crippen LogP contribution in [0.1, 0.15) is 31.4 Å². The van der Waals surface area contributed by atoms with Crippen molar-refractivity contribution < 1.29 is 0 Å². The molecule has 2 fully saturated rings. The molecule has 0 amide bonds. The van der Waals surface area contributed by atoms with Crippen molar-refractivity contribution in [2.24, 2.45) is 12.5 Å². The number of rotatable bonds is 1. The van der Waals surface area contributed by atoms with Crippen LogP contribution in [0.25, 0.3) is 10.3 Å². The Bertz CT molecular complexity index is 652. The second-order valence-electron chi connectivity index (χ2n) is 7.22. The highest BCUT2D eigenvalue weighted by Crippen LogP contribution is 2.41. The number of nitrogens with zero attached hydrogens (tertiary/aromatic N) is 5. The van der Waals surface area contributed by atoms with E-state index >= 15 is 0 Å². The lowest BCUT2D eigenvalue weighted by atomic mass is 9.74. The van der Waals surface area contributed by atoms with E-state index in [1.165, 1.54) is 55.1 Å². The molecule has 1 unspecified atom stereocenters. The van der Waals surface area contributed by atoms with Crippen molar-refractivity contribution in [2.45, 2.75) is 32.6 Å². The van der Waals surface area contributed by atoms with E-state index in [9.17, 15) is 0 Å². The first-order valence-corrected chi connectivity index (χ1v) is 9.12. The Labute approximate surface area is 135 Å². The number of thiazole rings is 1. The van der Waals surface area contributed by atoms with Gasteiger partial charge in [0.05, 0.1) is 10.4 Å². The van der Waals surface area contributed by atoms with Crippen LogP contribution in [-0.2, 0) is 7.05 Å². The van der Waals surface area contributed by atoms with Crippen LogP contribution in [0.4, 0.5) is 5.13 Å². The maximum absolute atomic E-state index is 4.89. The van der Waals surface area contributed by atoms with Crippen LogP contribution < -0.4 is 4.90 Å². The van der Waals surface area contributed by atoms with Gasteiger partial charge in [0.1, 0.15) is 0 Å². The fourth-order valence-electron chi connectivity index (χ4n) is 4.37. The zero-order chi connectivity index (χ0) is 15.3. The molecular weight excluding hydrogens is 294 g/mol. The van der Waals surface area contributed by atoms with Crippen LogP contribution in [0.3, 0.4) is 0 Å². The smallest absolute Gasteiger partial charge is 0.188 e. The fourth-order valence-corrected chi connectivity index (χ4v) is 5.43. The Kier molecular flexibility index (Phi) is 3.42. The van der Waals surface area contributed by atoms with Crippen LogP contribution in [0.2, 0.25) is 0 Å². The minimum atomic E-state index is 0.483. The van der Waals surface area contributed by atoms with E-state index in [4.69, 9.17) is 4.98 Å². The summed E-state index contributed by atoms with van der Waals surface area (Å²) in [6, 6.07) is 0. The van der Waals surface area contributed by atoms with Gasteiger partial charge in [0.15, 0.2) is 10.8 Å². The number of aryl methyl sites for hydroxylation is 2. The Hall–Kier alpha value is -1.14. The van der Waals surface area contributed by atoms with E-state index in [0.29, 0.717) is 5.41 Å². The summed E-state index contributed by atoms with van der Waals surface area (Å²) >= 11 is 1.82. The Morgan fingerprint density at radius 1 is 1.09 bits per heavy atom. The Balaban J connectivity index is 1.62. The van der Waals surface area contributed by atoms with Gasteiger partial charge in [-0.25, -0.2) is 9.67 Å². The predicted molar refractivity (Wildman–Crippen MR) is 91.7 cm³/mol. The number of likely N-dealkylation sites (tertiary alicyclic amines) is 1. The number of hydrogen-bond donors (Lipinski definition) is 0. The second-order valence-corrected chi connectivity index (χ2v) is 8.20. The molecule has 0 aromatic carbocycles. The van der Waals surface area contributed by atoms with Gasteiger partial charge in [0.2, 0.25) is 0 Å². The first-order chi connectivity index (χ1) is 10.6. The van der Waals surface area contributed by atoms with Crippen LogP contribution >= 0.6 is 11.3 Å². The number of fused-ring (bicyclic) bond motifs is 1. The summed E-state index contributed by atoms with van der Waals surface area (Å²) in [4.78, 5) is 9.93. The molecule has 1 spiro atoms. The molecule has 2 aliphatic heterocycles. The quantitative estimate of drug-likeness (QED) is 0.810. The molecular formula is C16H25N5S. The molecule has 6 heteroatoms. The molecule has 2 saturated heterocycles. The van der Waals surface area contributed by atoms with Crippen LogP contribution in [0, 0.1) is 12.3 Å². The topological polar surface area (TPSA) is 37.2 Å². The molecule has 1 atom stereocenters. The maximum atomic E-state index is 4.89. The summed E-state index contributed by atoms with van der Waals surface area (Å²) in [5, 5.41) is 5.66. The van der Waals surface area contributed by atoms with Gasteiger partial charge in [0, 0.05) is 32.1 Å². The van der Waals surface area contributed by atoms with Crippen LogP contribution in [-0.4, -0.2) is 52.9 Å². The molecule has 4 heterocycles. The minimum absolute atomic E-state index is 0.483. The van der Waals surface area contributed by atoms with Crippen molar-refractivity contribution in [1.29, 1.82) is 0 Å². The zero-order valence-electron chi connectivity index (χ0n) is 13.8. The predicted octanol–water partition coefficient (Wildman–Crippen LogP) is 2.65. The molecule has 2 aromatic rings. The number of hydrogen-bond acceptors (Lipinski definition) is 5. The summed E-state index contributed by atoms with van der Waals surface area (Å²) in [5.41, 5.74) is 2.62. The van der Waals surface area contributed by atoms with Gasteiger partial charge in [-0.15, -0.1) is 0 Å². The van der Waals surface area contributed by atoms with Gasteiger partial charge in [-0.3, -0.25) is 0 Å². The van der Waals surface area contributed by atoms with Gasteiger partial charge in [-0.2, -0.15) is 5.10 Å². The maximum Gasteiger partial charge on any atom is 0.188 e. The fraction of sp³-hybridized carbons (Fsp3) is 0.750. The third-order valence-corrected chi connectivity index (χ3v) is 6.53. The van der Waals surface area contributed by atoms with Crippen molar-refractivity contribution in [3.63, 3.8) is 0 Å². The van der Waals surface area contributed by atoms with Crippen LogP contribution in [0.15, 0.2) is 0 Å². The largest absolute Gasteiger partial charge is 0.347 e. The standard InChI is InChI=1S/C16H25N5S/c1-12-13-14(20(3)18-12)17-15(22-13)21-9-5-7-16(11-21)6-4-8-19(2)10-16/h4-11H2,1-3H3. The summed E-state index contributed by atoms with van der Waals surface area (Å²) in [7, 11) is 4.26. The lowest BCUT2D eigenvalue weighted by Gasteiger charge is -2.47.